The Morgan fingerprint density at radius 1 is 1.37 bits per heavy atom. The van der Waals surface area contributed by atoms with Crippen LogP contribution in [0.15, 0.2) is 30.3 Å². The highest BCUT2D eigenvalue weighted by Crippen LogP contribution is 2.15. The van der Waals surface area contributed by atoms with Crippen molar-refractivity contribution < 1.29 is 17.9 Å². The molecule has 0 spiro atoms. The number of methoxy groups -OCH3 is 1. The van der Waals surface area contributed by atoms with Gasteiger partial charge in [0.15, 0.2) is 0 Å². The Morgan fingerprint density at radius 3 is 2.53 bits per heavy atom. The molecule has 1 rings (SSSR count). The predicted octanol–water partition coefficient (Wildman–Crippen LogP) is 1.45. The molecule has 1 N–H and O–H groups in total. The van der Waals surface area contributed by atoms with E-state index in [1.54, 1.807) is 30.3 Å². The molecule has 0 amide bonds. The number of alkyl halides is 1. The summed E-state index contributed by atoms with van der Waals surface area (Å²) in [4.78, 5) is 11.7. The van der Waals surface area contributed by atoms with E-state index >= 15 is 0 Å². The van der Waals surface area contributed by atoms with Crippen molar-refractivity contribution in [2.45, 2.75) is 12.5 Å². The van der Waals surface area contributed by atoms with Gasteiger partial charge in [0.2, 0.25) is 10.0 Å². The highest BCUT2D eigenvalue weighted by molar-refractivity contribution is 7.89. The second-order valence-corrected chi connectivity index (χ2v) is 6.10. The minimum Gasteiger partial charge on any atom is -0.468 e. The van der Waals surface area contributed by atoms with Crippen molar-refractivity contribution in [2.75, 3.05) is 18.7 Å². The van der Waals surface area contributed by atoms with Gasteiger partial charge in [-0.1, -0.05) is 30.3 Å². The van der Waals surface area contributed by atoms with Crippen molar-refractivity contribution in [3.63, 3.8) is 0 Å². The molecule has 1 aromatic rings. The lowest BCUT2D eigenvalue weighted by Gasteiger charge is -2.16. The molecule has 0 aromatic heterocycles. The first-order chi connectivity index (χ1) is 9.00. The van der Waals surface area contributed by atoms with Crippen LogP contribution in [-0.2, 0) is 19.6 Å². The summed E-state index contributed by atoms with van der Waals surface area (Å²) in [6.07, 6.45) is 0.319. The number of hydrogen-bond donors (Lipinski definition) is 1. The minimum absolute atomic E-state index is 0.128. The Morgan fingerprint density at radius 2 is 2.00 bits per heavy atom. The average molecular weight is 306 g/mol. The fourth-order valence-electron chi connectivity index (χ4n) is 1.50. The van der Waals surface area contributed by atoms with Crippen molar-refractivity contribution in [3.8, 4) is 0 Å². The van der Waals surface area contributed by atoms with Gasteiger partial charge in [-0.05, 0) is 12.0 Å². The van der Waals surface area contributed by atoms with Crippen LogP contribution in [0.3, 0.4) is 0 Å². The van der Waals surface area contributed by atoms with Crippen LogP contribution >= 0.6 is 11.6 Å². The molecule has 1 aromatic carbocycles. The van der Waals surface area contributed by atoms with Crippen LogP contribution in [0.25, 0.3) is 0 Å². The van der Waals surface area contributed by atoms with Crippen molar-refractivity contribution >= 4 is 27.6 Å². The van der Waals surface area contributed by atoms with E-state index in [4.69, 9.17) is 11.6 Å². The number of carbonyl (C=O) groups excluding carboxylic acids is 1. The molecular formula is C12H16ClNO4S. The van der Waals surface area contributed by atoms with Crippen LogP contribution in [0.1, 0.15) is 18.0 Å². The summed E-state index contributed by atoms with van der Waals surface area (Å²) in [7, 11) is -2.37. The SMILES string of the molecule is COC(=O)C(NS(=O)(=O)CCCCl)c1ccccc1. The highest BCUT2D eigenvalue weighted by Gasteiger charge is 2.26. The van der Waals surface area contributed by atoms with Gasteiger partial charge in [0.25, 0.3) is 0 Å². The van der Waals surface area contributed by atoms with Gasteiger partial charge in [-0.3, -0.25) is 0 Å². The van der Waals surface area contributed by atoms with E-state index in [1.807, 2.05) is 0 Å². The molecule has 0 saturated carbocycles. The number of benzene rings is 1. The van der Waals surface area contributed by atoms with Gasteiger partial charge >= 0.3 is 5.97 Å². The Hall–Kier alpha value is -1.11. The zero-order valence-corrected chi connectivity index (χ0v) is 12.1. The molecule has 0 heterocycles. The molecule has 0 bridgehead atoms. The normalized spacial score (nSPS) is 12.9. The van der Waals surface area contributed by atoms with Crippen LogP contribution in [0, 0.1) is 0 Å². The maximum absolute atomic E-state index is 11.8. The zero-order chi connectivity index (χ0) is 14.3. The Bertz CT molecular complexity index is 504. The smallest absolute Gasteiger partial charge is 0.328 e. The third-order valence-electron chi connectivity index (χ3n) is 2.41. The Kier molecular flexibility index (Phi) is 6.27. The van der Waals surface area contributed by atoms with Crippen LogP contribution in [-0.4, -0.2) is 33.1 Å². The van der Waals surface area contributed by atoms with Gasteiger partial charge in [0, 0.05) is 5.88 Å². The quantitative estimate of drug-likeness (QED) is 0.611. The van der Waals surface area contributed by atoms with E-state index in [0.29, 0.717) is 12.0 Å². The lowest BCUT2D eigenvalue weighted by molar-refractivity contribution is -0.142. The van der Waals surface area contributed by atoms with E-state index in [1.165, 1.54) is 7.11 Å². The van der Waals surface area contributed by atoms with Crippen LogP contribution in [0.2, 0.25) is 0 Å². The predicted molar refractivity (Wildman–Crippen MR) is 73.5 cm³/mol. The number of halogens is 1. The minimum atomic E-state index is -3.58. The van der Waals surface area contributed by atoms with E-state index < -0.39 is 22.0 Å². The van der Waals surface area contributed by atoms with Crippen LogP contribution in [0.4, 0.5) is 0 Å². The van der Waals surface area contributed by atoms with E-state index in [-0.39, 0.29) is 11.6 Å². The fourth-order valence-corrected chi connectivity index (χ4v) is 3.02. The van der Waals surface area contributed by atoms with Crippen molar-refractivity contribution in [2.24, 2.45) is 0 Å². The van der Waals surface area contributed by atoms with Gasteiger partial charge in [0.1, 0.15) is 6.04 Å². The monoisotopic (exact) mass is 305 g/mol. The summed E-state index contributed by atoms with van der Waals surface area (Å²) in [5.74, 6) is -0.535. The number of nitrogens with one attached hydrogen (secondary N) is 1. The first-order valence-corrected chi connectivity index (χ1v) is 7.87. The van der Waals surface area contributed by atoms with E-state index in [2.05, 4.69) is 9.46 Å². The first-order valence-electron chi connectivity index (χ1n) is 5.69. The van der Waals surface area contributed by atoms with Gasteiger partial charge in [-0.15, -0.1) is 11.6 Å². The first kappa shape index (κ1) is 15.9. The molecule has 106 valence electrons. The number of carbonyl (C=O) groups is 1. The zero-order valence-electron chi connectivity index (χ0n) is 10.5. The Balaban J connectivity index is 2.91. The molecule has 1 atom stereocenters. The fraction of sp³-hybridized carbons (Fsp3) is 0.417. The summed E-state index contributed by atoms with van der Waals surface area (Å²) in [6, 6.07) is 7.50. The second kappa shape index (κ2) is 7.47. The number of rotatable bonds is 7. The van der Waals surface area contributed by atoms with Crippen molar-refractivity contribution in [1.29, 1.82) is 0 Å². The molecule has 0 fully saturated rings. The summed E-state index contributed by atoms with van der Waals surface area (Å²) in [5, 5.41) is 0. The van der Waals surface area contributed by atoms with Crippen LogP contribution in [0.5, 0.6) is 0 Å². The van der Waals surface area contributed by atoms with Gasteiger partial charge in [-0.2, -0.15) is 4.72 Å². The molecule has 0 aliphatic rings. The maximum atomic E-state index is 11.8. The molecule has 7 heteroatoms. The number of esters is 1. The topological polar surface area (TPSA) is 72.5 Å². The molecule has 0 radical (unpaired) electrons. The van der Waals surface area contributed by atoms with Gasteiger partial charge in [0.05, 0.1) is 12.9 Å². The Labute approximate surface area is 118 Å². The van der Waals surface area contributed by atoms with Crippen molar-refractivity contribution in [3.05, 3.63) is 35.9 Å². The van der Waals surface area contributed by atoms with Crippen molar-refractivity contribution in [1.82, 2.24) is 4.72 Å². The summed E-state index contributed by atoms with van der Waals surface area (Å²) in [6.45, 7) is 0. The molecule has 0 saturated heterocycles. The largest absolute Gasteiger partial charge is 0.468 e. The lowest BCUT2D eigenvalue weighted by Crippen LogP contribution is -2.36. The molecule has 0 aliphatic carbocycles. The van der Waals surface area contributed by atoms with E-state index in [9.17, 15) is 13.2 Å². The number of ether oxygens (including phenoxy) is 1. The lowest BCUT2D eigenvalue weighted by atomic mass is 10.1. The second-order valence-electron chi connectivity index (χ2n) is 3.85. The standard InChI is InChI=1S/C12H16ClNO4S/c1-18-12(15)11(10-6-3-2-4-7-10)14-19(16,17)9-5-8-13/h2-4,6-7,11,14H,5,8-9H2,1H3. The molecule has 19 heavy (non-hydrogen) atoms. The summed E-state index contributed by atoms with van der Waals surface area (Å²) in [5.41, 5.74) is 0.531. The third-order valence-corrected chi connectivity index (χ3v) is 4.10. The molecule has 1 unspecified atom stereocenters. The number of hydrogen-bond acceptors (Lipinski definition) is 4. The number of sulfonamides is 1. The molecule has 0 aliphatic heterocycles. The molecular weight excluding hydrogens is 290 g/mol. The van der Waals surface area contributed by atoms with Gasteiger partial charge in [-0.25, -0.2) is 13.2 Å². The maximum Gasteiger partial charge on any atom is 0.328 e. The van der Waals surface area contributed by atoms with E-state index in [0.717, 1.165) is 0 Å². The average Bonchev–Trinajstić information content (AvgIpc) is 2.43. The molecule has 5 nitrogen and oxygen atoms in total. The third kappa shape index (κ3) is 5.18. The summed E-state index contributed by atoms with van der Waals surface area (Å²) >= 11 is 5.47. The van der Waals surface area contributed by atoms with Crippen LogP contribution < -0.4 is 4.72 Å². The van der Waals surface area contributed by atoms with Gasteiger partial charge < -0.3 is 4.74 Å². The highest BCUT2D eigenvalue weighted by atomic mass is 35.5. The summed E-state index contributed by atoms with van der Waals surface area (Å²) < 4.78 is 30.6.